The normalized spacial score (nSPS) is 37.7. The molecule has 0 aromatic heterocycles. The molecule has 2 unspecified atom stereocenters. The van der Waals surface area contributed by atoms with Crippen LogP contribution in [0.1, 0.15) is 12.8 Å². The largest absolute Gasteiger partial charge is 0.102 e. The molecule has 2 aliphatic carbocycles. The molecule has 0 aromatic rings. The first-order valence-corrected chi connectivity index (χ1v) is 4.48. The van der Waals surface area contributed by atoms with Gasteiger partial charge in [-0.1, -0.05) is 37.0 Å². The molecule has 0 saturated heterocycles. The maximum atomic E-state index is 3.90. The summed E-state index contributed by atoms with van der Waals surface area (Å²) in [5.41, 5.74) is 1.56. The van der Waals surface area contributed by atoms with Crippen molar-refractivity contribution in [3.05, 3.63) is 49.1 Å². The van der Waals surface area contributed by atoms with Crippen LogP contribution in [0.4, 0.5) is 0 Å². The predicted molar refractivity (Wildman–Crippen MR) is 52.8 cm³/mol. The van der Waals surface area contributed by atoms with Gasteiger partial charge in [-0.3, -0.25) is 0 Å². The van der Waals surface area contributed by atoms with Crippen molar-refractivity contribution >= 4 is 0 Å². The first-order chi connectivity index (χ1) is 5.80. The molecule has 12 heavy (non-hydrogen) atoms. The molecule has 0 nitrogen and oxygen atoms in total. The van der Waals surface area contributed by atoms with E-state index in [0.29, 0.717) is 11.3 Å². The molecule has 2 rings (SSSR count). The molecular formula is C12H14. The lowest BCUT2D eigenvalue weighted by atomic mass is 9.58. The maximum absolute atomic E-state index is 3.90. The standard InChI is InChI=1S/C12H14/c1-3-10-5-7-12(4-2)8-6-11(12)9-10/h3-5,7,9,11H,1-2,6,8H2. The van der Waals surface area contributed by atoms with E-state index in [1.807, 2.05) is 6.08 Å². The molecule has 2 atom stereocenters. The highest BCUT2D eigenvalue weighted by Crippen LogP contribution is 2.52. The SMILES string of the molecule is C=CC1=CC2CCC2(C=C)C=C1. The Hall–Kier alpha value is -1.04. The Morgan fingerprint density at radius 1 is 1.50 bits per heavy atom. The fraction of sp³-hybridized carbons (Fsp3) is 0.333. The van der Waals surface area contributed by atoms with E-state index in [0.717, 1.165) is 0 Å². The van der Waals surface area contributed by atoms with Crippen molar-refractivity contribution in [3.8, 4) is 0 Å². The van der Waals surface area contributed by atoms with Gasteiger partial charge in [0.15, 0.2) is 0 Å². The van der Waals surface area contributed by atoms with E-state index in [4.69, 9.17) is 0 Å². The van der Waals surface area contributed by atoms with Crippen molar-refractivity contribution in [2.45, 2.75) is 12.8 Å². The Morgan fingerprint density at radius 2 is 2.33 bits per heavy atom. The number of hydrogen-bond acceptors (Lipinski definition) is 0. The van der Waals surface area contributed by atoms with E-state index in [2.05, 4.69) is 37.5 Å². The zero-order chi connectivity index (χ0) is 8.60. The van der Waals surface area contributed by atoms with Crippen LogP contribution < -0.4 is 0 Å². The Balaban J connectivity index is 2.29. The van der Waals surface area contributed by atoms with Crippen molar-refractivity contribution < 1.29 is 0 Å². The average Bonchev–Trinajstić information content (AvgIpc) is 2.08. The van der Waals surface area contributed by atoms with Gasteiger partial charge in [0.25, 0.3) is 0 Å². The van der Waals surface area contributed by atoms with Gasteiger partial charge in [0, 0.05) is 5.41 Å². The minimum Gasteiger partial charge on any atom is -0.102 e. The Labute approximate surface area is 74.0 Å². The zero-order valence-corrected chi connectivity index (χ0v) is 7.29. The predicted octanol–water partition coefficient (Wildman–Crippen LogP) is 3.25. The van der Waals surface area contributed by atoms with Crippen LogP contribution in [-0.2, 0) is 0 Å². The van der Waals surface area contributed by atoms with E-state index in [9.17, 15) is 0 Å². The van der Waals surface area contributed by atoms with E-state index < -0.39 is 0 Å². The second-order valence-corrected chi connectivity index (χ2v) is 3.67. The van der Waals surface area contributed by atoms with Crippen LogP contribution in [0.5, 0.6) is 0 Å². The van der Waals surface area contributed by atoms with Gasteiger partial charge in [0.1, 0.15) is 0 Å². The number of allylic oxidation sites excluding steroid dienone is 6. The molecule has 0 radical (unpaired) electrons. The molecule has 0 aromatic carbocycles. The molecule has 0 heterocycles. The van der Waals surface area contributed by atoms with Crippen LogP contribution in [0.15, 0.2) is 49.1 Å². The van der Waals surface area contributed by atoms with Crippen molar-refractivity contribution in [2.75, 3.05) is 0 Å². The summed E-state index contributed by atoms with van der Waals surface area (Å²) < 4.78 is 0. The van der Waals surface area contributed by atoms with E-state index >= 15 is 0 Å². The first kappa shape index (κ1) is 7.60. The van der Waals surface area contributed by atoms with Crippen LogP contribution in [0.2, 0.25) is 0 Å². The summed E-state index contributed by atoms with van der Waals surface area (Å²) in [6.07, 6.45) is 13.3. The third-order valence-corrected chi connectivity index (χ3v) is 3.17. The minimum atomic E-state index is 0.298. The molecule has 0 bridgehead atoms. The van der Waals surface area contributed by atoms with Gasteiger partial charge < -0.3 is 0 Å². The third kappa shape index (κ3) is 0.842. The first-order valence-electron chi connectivity index (χ1n) is 4.48. The van der Waals surface area contributed by atoms with Crippen LogP contribution in [0.3, 0.4) is 0 Å². The molecule has 2 aliphatic rings. The molecule has 1 saturated carbocycles. The van der Waals surface area contributed by atoms with Gasteiger partial charge in [0.05, 0.1) is 0 Å². The summed E-state index contributed by atoms with van der Waals surface area (Å²) in [6, 6.07) is 0. The topological polar surface area (TPSA) is 0 Å². The Bertz CT molecular complexity index is 280. The monoisotopic (exact) mass is 158 g/mol. The molecule has 62 valence electrons. The van der Waals surface area contributed by atoms with Crippen molar-refractivity contribution in [1.29, 1.82) is 0 Å². The van der Waals surface area contributed by atoms with Gasteiger partial charge in [-0.2, -0.15) is 0 Å². The van der Waals surface area contributed by atoms with E-state index in [1.54, 1.807) is 0 Å². The van der Waals surface area contributed by atoms with Gasteiger partial charge in [0.2, 0.25) is 0 Å². The maximum Gasteiger partial charge on any atom is 0.0125 e. The molecular weight excluding hydrogens is 144 g/mol. The highest BCUT2D eigenvalue weighted by Gasteiger charge is 2.42. The fourth-order valence-corrected chi connectivity index (χ4v) is 2.09. The minimum absolute atomic E-state index is 0.298. The van der Waals surface area contributed by atoms with Gasteiger partial charge >= 0.3 is 0 Å². The Kier molecular flexibility index (Phi) is 1.57. The molecule has 0 amide bonds. The third-order valence-electron chi connectivity index (χ3n) is 3.17. The number of rotatable bonds is 2. The van der Waals surface area contributed by atoms with Crippen LogP contribution in [0.25, 0.3) is 0 Å². The quantitative estimate of drug-likeness (QED) is 0.541. The summed E-state index contributed by atoms with van der Waals surface area (Å²) in [4.78, 5) is 0. The molecule has 0 heteroatoms. The second-order valence-electron chi connectivity index (χ2n) is 3.67. The van der Waals surface area contributed by atoms with Gasteiger partial charge in [-0.05, 0) is 24.3 Å². The molecule has 0 aliphatic heterocycles. The summed E-state index contributed by atoms with van der Waals surface area (Å²) >= 11 is 0. The highest BCUT2D eigenvalue weighted by molar-refractivity contribution is 5.39. The second kappa shape index (κ2) is 2.48. The molecule has 0 N–H and O–H groups in total. The van der Waals surface area contributed by atoms with Crippen molar-refractivity contribution in [1.82, 2.24) is 0 Å². The number of hydrogen-bond donors (Lipinski definition) is 0. The average molecular weight is 158 g/mol. The lowest BCUT2D eigenvalue weighted by Gasteiger charge is -2.46. The van der Waals surface area contributed by atoms with Crippen LogP contribution >= 0.6 is 0 Å². The summed E-state index contributed by atoms with van der Waals surface area (Å²) in [7, 11) is 0. The Morgan fingerprint density at radius 3 is 2.75 bits per heavy atom. The molecule has 1 fully saturated rings. The highest BCUT2D eigenvalue weighted by atomic mass is 14.5. The van der Waals surface area contributed by atoms with Crippen molar-refractivity contribution in [3.63, 3.8) is 0 Å². The lowest BCUT2D eigenvalue weighted by molar-refractivity contribution is 0.186. The summed E-state index contributed by atoms with van der Waals surface area (Å²) in [6.45, 7) is 7.67. The van der Waals surface area contributed by atoms with Crippen LogP contribution in [-0.4, -0.2) is 0 Å². The van der Waals surface area contributed by atoms with Gasteiger partial charge in [-0.15, -0.1) is 6.58 Å². The zero-order valence-electron chi connectivity index (χ0n) is 7.29. The fourth-order valence-electron chi connectivity index (χ4n) is 2.09. The molecule has 0 spiro atoms. The van der Waals surface area contributed by atoms with Crippen LogP contribution in [0, 0.1) is 11.3 Å². The van der Waals surface area contributed by atoms with E-state index in [-0.39, 0.29) is 0 Å². The lowest BCUT2D eigenvalue weighted by Crippen LogP contribution is -2.36. The number of fused-ring (bicyclic) bond motifs is 1. The summed E-state index contributed by atoms with van der Waals surface area (Å²) in [5, 5.41) is 0. The van der Waals surface area contributed by atoms with Crippen molar-refractivity contribution in [2.24, 2.45) is 11.3 Å². The van der Waals surface area contributed by atoms with Gasteiger partial charge in [-0.25, -0.2) is 0 Å². The summed E-state index contributed by atoms with van der Waals surface area (Å²) in [5.74, 6) is 0.688. The van der Waals surface area contributed by atoms with E-state index in [1.165, 1.54) is 18.4 Å². The smallest absolute Gasteiger partial charge is 0.0125 e.